The highest BCUT2D eigenvalue weighted by Gasteiger charge is 2.17. The fourth-order valence-corrected chi connectivity index (χ4v) is 3.83. The highest BCUT2D eigenvalue weighted by atomic mass is 32.2. The normalized spacial score (nSPS) is 19.3. The molecule has 1 nitrogen and oxygen atoms in total. The van der Waals surface area contributed by atoms with E-state index >= 15 is 0 Å². The van der Waals surface area contributed by atoms with Crippen LogP contribution in [0.3, 0.4) is 0 Å². The van der Waals surface area contributed by atoms with Gasteiger partial charge in [-0.15, -0.1) is 0 Å². The van der Waals surface area contributed by atoms with E-state index in [-0.39, 0.29) is 0 Å². The Hall–Kier alpha value is -1.15. The standard InChI is InChI=1S/C16H18OS/c1-2-17-15-8-7-12-5-6-13(10-14(12)11-15)16-4-3-9-18-16/h5-8,10-11,16H,2-4,9H2,1H3. The molecule has 0 spiro atoms. The SMILES string of the molecule is CCOc1ccc2ccc(C3CCCS3)cc2c1. The summed E-state index contributed by atoms with van der Waals surface area (Å²) in [5.41, 5.74) is 1.47. The van der Waals surface area contributed by atoms with Gasteiger partial charge < -0.3 is 4.74 Å². The Kier molecular flexibility index (Phi) is 3.46. The number of fused-ring (bicyclic) bond motifs is 1. The lowest BCUT2D eigenvalue weighted by atomic mass is 10.0. The summed E-state index contributed by atoms with van der Waals surface area (Å²) in [6.45, 7) is 2.75. The van der Waals surface area contributed by atoms with E-state index in [9.17, 15) is 0 Å². The van der Waals surface area contributed by atoms with Gasteiger partial charge in [-0.25, -0.2) is 0 Å². The maximum atomic E-state index is 5.57. The van der Waals surface area contributed by atoms with Crippen LogP contribution in [0.2, 0.25) is 0 Å². The first-order valence-corrected chi connectivity index (χ1v) is 7.70. The van der Waals surface area contributed by atoms with E-state index in [1.807, 2.05) is 6.92 Å². The Morgan fingerprint density at radius 1 is 1.17 bits per heavy atom. The van der Waals surface area contributed by atoms with E-state index in [0.29, 0.717) is 5.25 Å². The van der Waals surface area contributed by atoms with Crippen LogP contribution in [0.25, 0.3) is 10.8 Å². The van der Waals surface area contributed by atoms with Gasteiger partial charge in [-0.2, -0.15) is 11.8 Å². The van der Waals surface area contributed by atoms with Gasteiger partial charge in [-0.05, 0) is 60.1 Å². The second kappa shape index (κ2) is 5.23. The molecule has 2 aromatic carbocycles. The summed E-state index contributed by atoms with van der Waals surface area (Å²) in [5, 5.41) is 3.29. The molecule has 1 aliphatic rings. The van der Waals surface area contributed by atoms with Crippen molar-refractivity contribution in [3.05, 3.63) is 42.0 Å². The largest absolute Gasteiger partial charge is 0.494 e. The van der Waals surface area contributed by atoms with Crippen LogP contribution >= 0.6 is 11.8 Å². The summed E-state index contributed by atoms with van der Waals surface area (Å²) < 4.78 is 5.57. The first-order valence-electron chi connectivity index (χ1n) is 6.65. The first-order chi connectivity index (χ1) is 8.86. The number of ether oxygens (including phenoxy) is 1. The van der Waals surface area contributed by atoms with Crippen molar-refractivity contribution in [2.45, 2.75) is 25.0 Å². The lowest BCUT2D eigenvalue weighted by Gasteiger charge is -2.11. The average Bonchev–Trinajstić information content (AvgIpc) is 2.92. The van der Waals surface area contributed by atoms with Crippen LogP contribution in [0.5, 0.6) is 5.75 Å². The molecule has 2 aromatic rings. The molecular weight excluding hydrogens is 240 g/mol. The molecular formula is C16H18OS. The van der Waals surface area contributed by atoms with E-state index < -0.39 is 0 Å². The Morgan fingerprint density at radius 3 is 2.83 bits per heavy atom. The van der Waals surface area contributed by atoms with Gasteiger partial charge in [0.15, 0.2) is 0 Å². The third-order valence-corrected chi connectivity index (χ3v) is 4.88. The van der Waals surface area contributed by atoms with Crippen molar-refractivity contribution in [2.24, 2.45) is 0 Å². The predicted octanol–water partition coefficient (Wildman–Crippen LogP) is 4.81. The highest BCUT2D eigenvalue weighted by molar-refractivity contribution is 7.99. The van der Waals surface area contributed by atoms with E-state index in [4.69, 9.17) is 4.74 Å². The maximum Gasteiger partial charge on any atom is 0.119 e. The van der Waals surface area contributed by atoms with Crippen molar-refractivity contribution in [2.75, 3.05) is 12.4 Å². The third-order valence-electron chi connectivity index (χ3n) is 3.45. The van der Waals surface area contributed by atoms with Crippen LogP contribution < -0.4 is 4.74 Å². The first kappa shape index (κ1) is 11.9. The second-order valence-electron chi connectivity index (χ2n) is 4.70. The van der Waals surface area contributed by atoms with Crippen LogP contribution in [0.15, 0.2) is 36.4 Å². The van der Waals surface area contributed by atoms with Crippen molar-refractivity contribution in [3.8, 4) is 5.75 Å². The molecule has 0 bridgehead atoms. The number of benzene rings is 2. The Labute approximate surface area is 113 Å². The lowest BCUT2D eigenvalue weighted by Crippen LogP contribution is -1.92. The molecule has 0 N–H and O–H groups in total. The minimum absolute atomic E-state index is 0.699. The van der Waals surface area contributed by atoms with E-state index in [1.165, 1.54) is 34.9 Å². The zero-order valence-electron chi connectivity index (χ0n) is 10.7. The van der Waals surface area contributed by atoms with Crippen LogP contribution in [0.4, 0.5) is 0 Å². The summed E-state index contributed by atoms with van der Waals surface area (Å²) >= 11 is 2.09. The van der Waals surface area contributed by atoms with Crippen LogP contribution in [-0.2, 0) is 0 Å². The summed E-state index contributed by atoms with van der Waals surface area (Å²) in [6, 6.07) is 13.2. The van der Waals surface area contributed by atoms with Gasteiger partial charge >= 0.3 is 0 Å². The molecule has 1 heterocycles. The zero-order chi connectivity index (χ0) is 12.4. The second-order valence-corrected chi connectivity index (χ2v) is 6.01. The van der Waals surface area contributed by atoms with Gasteiger partial charge in [0.2, 0.25) is 0 Å². The number of rotatable bonds is 3. The van der Waals surface area contributed by atoms with Gasteiger partial charge in [-0.3, -0.25) is 0 Å². The molecule has 18 heavy (non-hydrogen) atoms. The molecule has 3 rings (SSSR count). The van der Waals surface area contributed by atoms with Crippen molar-refractivity contribution >= 4 is 22.5 Å². The molecule has 1 unspecified atom stereocenters. The fourth-order valence-electron chi connectivity index (χ4n) is 2.54. The number of thioether (sulfide) groups is 1. The molecule has 0 amide bonds. The number of hydrogen-bond acceptors (Lipinski definition) is 2. The number of hydrogen-bond donors (Lipinski definition) is 0. The zero-order valence-corrected chi connectivity index (χ0v) is 11.5. The monoisotopic (exact) mass is 258 g/mol. The average molecular weight is 258 g/mol. The van der Waals surface area contributed by atoms with E-state index in [2.05, 4.69) is 48.2 Å². The topological polar surface area (TPSA) is 9.23 Å². The smallest absolute Gasteiger partial charge is 0.119 e. The maximum absolute atomic E-state index is 5.57. The van der Waals surface area contributed by atoms with E-state index in [1.54, 1.807) is 0 Å². The van der Waals surface area contributed by atoms with Crippen LogP contribution in [0, 0.1) is 0 Å². The van der Waals surface area contributed by atoms with Crippen LogP contribution in [0.1, 0.15) is 30.6 Å². The Bertz CT molecular complexity index is 544. The van der Waals surface area contributed by atoms with Crippen molar-refractivity contribution in [1.29, 1.82) is 0 Å². The molecule has 0 aliphatic carbocycles. The van der Waals surface area contributed by atoms with Crippen molar-refractivity contribution in [3.63, 3.8) is 0 Å². The molecule has 1 fully saturated rings. The van der Waals surface area contributed by atoms with Crippen molar-refractivity contribution < 1.29 is 4.74 Å². The molecule has 0 saturated carbocycles. The van der Waals surface area contributed by atoms with Gasteiger partial charge in [0.05, 0.1) is 6.61 Å². The summed E-state index contributed by atoms with van der Waals surface area (Å²) in [6.07, 6.45) is 2.67. The summed E-state index contributed by atoms with van der Waals surface area (Å²) in [7, 11) is 0. The Morgan fingerprint density at radius 2 is 2.06 bits per heavy atom. The highest BCUT2D eigenvalue weighted by Crippen LogP contribution is 2.40. The van der Waals surface area contributed by atoms with Gasteiger partial charge in [-0.1, -0.05) is 18.2 Å². The molecule has 1 aliphatic heterocycles. The minimum atomic E-state index is 0.699. The summed E-state index contributed by atoms with van der Waals surface area (Å²) in [5.74, 6) is 2.28. The van der Waals surface area contributed by atoms with Gasteiger partial charge in [0.1, 0.15) is 5.75 Å². The summed E-state index contributed by atoms with van der Waals surface area (Å²) in [4.78, 5) is 0. The molecule has 1 saturated heterocycles. The minimum Gasteiger partial charge on any atom is -0.494 e. The lowest BCUT2D eigenvalue weighted by molar-refractivity contribution is 0.341. The molecule has 94 valence electrons. The molecule has 0 aromatic heterocycles. The van der Waals surface area contributed by atoms with E-state index in [0.717, 1.165) is 12.4 Å². The molecule has 0 radical (unpaired) electrons. The third kappa shape index (κ3) is 2.35. The van der Waals surface area contributed by atoms with Gasteiger partial charge in [0, 0.05) is 5.25 Å². The molecule has 1 atom stereocenters. The van der Waals surface area contributed by atoms with Crippen molar-refractivity contribution in [1.82, 2.24) is 0 Å². The Balaban J connectivity index is 1.98. The predicted molar refractivity (Wildman–Crippen MR) is 79.6 cm³/mol. The van der Waals surface area contributed by atoms with Crippen LogP contribution in [-0.4, -0.2) is 12.4 Å². The fraction of sp³-hybridized carbons (Fsp3) is 0.375. The quantitative estimate of drug-likeness (QED) is 0.781. The van der Waals surface area contributed by atoms with Gasteiger partial charge in [0.25, 0.3) is 0 Å². The molecule has 2 heteroatoms.